The molecule has 1 rings (SSSR count). The molecule has 13 heavy (non-hydrogen) atoms. The van der Waals surface area contributed by atoms with Gasteiger partial charge in [0.15, 0.2) is 0 Å². The first-order valence-electron chi connectivity index (χ1n) is 4.07. The van der Waals surface area contributed by atoms with Gasteiger partial charge in [0.2, 0.25) is 5.91 Å². The zero-order chi connectivity index (χ0) is 9.84. The van der Waals surface area contributed by atoms with E-state index in [9.17, 15) is 4.79 Å². The summed E-state index contributed by atoms with van der Waals surface area (Å²) in [4.78, 5) is 10.7. The predicted molar refractivity (Wildman–Crippen MR) is 47.1 cm³/mol. The first-order chi connectivity index (χ1) is 6.13. The van der Waals surface area contributed by atoms with E-state index < -0.39 is 6.04 Å². The highest BCUT2D eigenvalue weighted by atomic mass is 16.3. The zero-order valence-electron chi connectivity index (χ0n) is 7.70. The lowest BCUT2D eigenvalue weighted by atomic mass is 10.2. The molecule has 0 fully saturated rings. The Kier molecular flexibility index (Phi) is 3.08. The summed E-state index contributed by atoms with van der Waals surface area (Å²) in [6.07, 6.45) is 0. The van der Waals surface area contributed by atoms with Crippen LogP contribution in [0.3, 0.4) is 0 Å². The van der Waals surface area contributed by atoms with Crippen molar-refractivity contribution in [1.82, 2.24) is 5.32 Å². The third-order valence-electron chi connectivity index (χ3n) is 1.66. The summed E-state index contributed by atoms with van der Waals surface area (Å²) in [7, 11) is 0. The van der Waals surface area contributed by atoms with Gasteiger partial charge in [0.05, 0.1) is 6.61 Å². The van der Waals surface area contributed by atoms with Gasteiger partial charge in [0, 0.05) is 6.92 Å². The van der Waals surface area contributed by atoms with Crippen molar-refractivity contribution in [3.8, 4) is 0 Å². The van der Waals surface area contributed by atoms with E-state index in [1.165, 1.54) is 6.92 Å². The summed E-state index contributed by atoms with van der Waals surface area (Å²) in [5.41, 5.74) is 0. The molecule has 1 aromatic heterocycles. The SMILES string of the molecule is CC(=O)NC(CO)c1ccc(C)o1. The number of carbonyl (C=O) groups is 1. The molecule has 2 N–H and O–H groups in total. The number of aliphatic hydroxyl groups excluding tert-OH is 1. The molecule has 4 heteroatoms. The third-order valence-corrected chi connectivity index (χ3v) is 1.66. The van der Waals surface area contributed by atoms with Gasteiger partial charge in [-0.15, -0.1) is 0 Å². The minimum Gasteiger partial charge on any atom is -0.464 e. The summed E-state index contributed by atoms with van der Waals surface area (Å²) >= 11 is 0. The van der Waals surface area contributed by atoms with E-state index in [1.54, 1.807) is 12.1 Å². The molecular weight excluding hydrogens is 170 g/mol. The highest BCUT2D eigenvalue weighted by Gasteiger charge is 2.14. The van der Waals surface area contributed by atoms with E-state index in [2.05, 4.69) is 5.32 Å². The molecule has 0 saturated carbocycles. The maximum atomic E-state index is 10.7. The molecule has 4 nitrogen and oxygen atoms in total. The molecule has 0 aliphatic carbocycles. The van der Waals surface area contributed by atoms with Gasteiger partial charge in [0.25, 0.3) is 0 Å². The largest absolute Gasteiger partial charge is 0.464 e. The van der Waals surface area contributed by atoms with Crippen molar-refractivity contribution >= 4 is 5.91 Å². The van der Waals surface area contributed by atoms with E-state index in [0.29, 0.717) is 5.76 Å². The number of hydrogen-bond acceptors (Lipinski definition) is 3. The van der Waals surface area contributed by atoms with Crippen LogP contribution in [0.1, 0.15) is 24.5 Å². The average Bonchev–Trinajstić information content (AvgIpc) is 2.47. The molecule has 0 spiro atoms. The van der Waals surface area contributed by atoms with Crippen LogP contribution in [0.4, 0.5) is 0 Å². The van der Waals surface area contributed by atoms with Gasteiger partial charge in [0.1, 0.15) is 17.6 Å². The molecule has 1 unspecified atom stereocenters. The Balaban J connectivity index is 2.72. The van der Waals surface area contributed by atoms with Gasteiger partial charge < -0.3 is 14.8 Å². The van der Waals surface area contributed by atoms with Crippen LogP contribution in [0.25, 0.3) is 0 Å². The number of aryl methyl sites for hydroxylation is 1. The van der Waals surface area contributed by atoms with Crippen molar-refractivity contribution in [3.05, 3.63) is 23.7 Å². The average molecular weight is 183 g/mol. The molecule has 1 aromatic rings. The second-order valence-electron chi connectivity index (χ2n) is 2.88. The van der Waals surface area contributed by atoms with E-state index in [0.717, 1.165) is 5.76 Å². The number of nitrogens with one attached hydrogen (secondary N) is 1. The van der Waals surface area contributed by atoms with E-state index in [1.807, 2.05) is 6.92 Å². The summed E-state index contributed by atoms with van der Waals surface area (Å²) < 4.78 is 5.26. The molecular formula is C9H13NO3. The Morgan fingerprint density at radius 2 is 2.38 bits per heavy atom. The summed E-state index contributed by atoms with van der Waals surface area (Å²) in [6, 6.07) is 3.09. The van der Waals surface area contributed by atoms with Crippen molar-refractivity contribution < 1.29 is 14.3 Å². The van der Waals surface area contributed by atoms with Gasteiger partial charge in [-0.25, -0.2) is 0 Å². The van der Waals surface area contributed by atoms with Gasteiger partial charge in [-0.2, -0.15) is 0 Å². The molecule has 0 bridgehead atoms. The summed E-state index contributed by atoms with van der Waals surface area (Å²) in [5.74, 6) is 1.15. The lowest BCUT2D eigenvalue weighted by Crippen LogP contribution is -2.28. The Morgan fingerprint density at radius 3 is 2.77 bits per heavy atom. The van der Waals surface area contributed by atoms with Crippen molar-refractivity contribution in [2.75, 3.05) is 6.61 Å². The van der Waals surface area contributed by atoms with Crippen molar-refractivity contribution in [2.45, 2.75) is 19.9 Å². The monoisotopic (exact) mass is 183 g/mol. The van der Waals surface area contributed by atoms with Gasteiger partial charge in [-0.05, 0) is 19.1 Å². The van der Waals surface area contributed by atoms with Crippen molar-refractivity contribution in [1.29, 1.82) is 0 Å². The van der Waals surface area contributed by atoms with Crippen molar-refractivity contribution in [2.24, 2.45) is 0 Å². The number of carbonyl (C=O) groups excluding carboxylic acids is 1. The first-order valence-corrected chi connectivity index (χ1v) is 4.07. The number of rotatable bonds is 3. The molecule has 0 aliphatic rings. The quantitative estimate of drug-likeness (QED) is 0.727. The minimum atomic E-state index is -0.439. The van der Waals surface area contributed by atoms with E-state index >= 15 is 0 Å². The highest BCUT2D eigenvalue weighted by Crippen LogP contribution is 2.15. The molecule has 72 valence electrons. The second kappa shape index (κ2) is 4.09. The van der Waals surface area contributed by atoms with Crippen LogP contribution < -0.4 is 5.32 Å². The van der Waals surface area contributed by atoms with Crippen LogP contribution in [0.15, 0.2) is 16.5 Å². The maximum absolute atomic E-state index is 10.7. The van der Waals surface area contributed by atoms with Gasteiger partial charge in [-0.1, -0.05) is 0 Å². The van der Waals surface area contributed by atoms with Crippen LogP contribution >= 0.6 is 0 Å². The minimum absolute atomic E-state index is 0.160. The molecule has 1 atom stereocenters. The molecule has 0 aromatic carbocycles. The number of amides is 1. The Labute approximate surface area is 76.6 Å². The lowest BCUT2D eigenvalue weighted by Gasteiger charge is -2.11. The lowest BCUT2D eigenvalue weighted by molar-refractivity contribution is -0.120. The third kappa shape index (κ3) is 2.59. The Hall–Kier alpha value is -1.29. The van der Waals surface area contributed by atoms with E-state index in [-0.39, 0.29) is 12.5 Å². The zero-order valence-corrected chi connectivity index (χ0v) is 7.70. The summed E-state index contributed by atoms with van der Waals surface area (Å²) in [5, 5.41) is 11.5. The molecule has 0 aliphatic heterocycles. The summed E-state index contributed by atoms with van der Waals surface area (Å²) in [6.45, 7) is 3.05. The van der Waals surface area contributed by atoms with Gasteiger partial charge in [-0.3, -0.25) is 4.79 Å². The van der Waals surface area contributed by atoms with Crippen molar-refractivity contribution in [3.63, 3.8) is 0 Å². The Bertz CT molecular complexity index is 293. The topological polar surface area (TPSA) is 62.5 Å². The number of hydrogen-bond donors (Lipinski definition) is 2. The van der Waals surface area contributed by atoms with Crippen LogP contribution in [0.2, 0.25) is 0 Å². The van der Waals surface area contributed by atoms with Crippen LogP contribution in [-0.2, 0) is 4.79 Å². The van der Waals surface area contributed by atoms with Crippen LogP contribution in [0.5, 0.6) is 0 Å². The predicted octanol–water partition coefficient (Wildman–Crippen LogP) is 0.758. The molecule has 1 amide bonds. The normalized spacial score (nSPS) is 12.5. The second-order valence-corrected chi connectivity index (χ2v) is 2.88. The molecule has 0 radical (unpaired) electrons. The van der Waals surface area contributed by atoms with Crippen LogP contribution in [0, 0.1) is 6.92 Å². The van der Waals surface area contributed by atoms with Gasteiger partial charge >= 0.3 is 0 Å². The fraction of sp³-hybridized carbons (Fsp3) is 0.444. The molecule has 1 heterocycles. The number of aliphatic hydroxyl groups is 1. The molecule has 0 saturated heterocycles. The number of furan rings is 1. The standard InChI is InChI=1S/C9H13NO3/c1-6-3-4-9(13-6)8(5-11)10-7(2)12/h3-4,8,11H,5H2,1-2H3,(H,10,12). The fourth-order valence-corrected chi connectivity index (χ4v) is 1.09. The fourth-order valence-electron chi connectivity index (χ4n) is 1.09. The smallest absolute Gasteiger partial charge is 0.217 e. The Morgan fingerprint density at radius 1 is 1.69 bits per heavy atom. The highest BCUT2D eigenvalue weighted by molar-refractivity contribution is 5.73. The maximum Gasteiger partial charge on any atom is 0.217 e. The first kappa shape index (κ1) is 9.80. The van der Waals surface area contributed by atoms with E-state index in [4.69, 9.17) is 9.52 Å². The van der Waals surface area contributed by atoms with Crippen LogP contribution in [-0.4, -0.2) is 17.6 Å².